The van der Waals surface area contributed by atoms with Crippen molar-refractivity contribution in [1.29, 1.82) is 0 Å². The van der Waals surface area contributed by atoms with E-state index in [9.17, 15) is 4.79 Å². The van der Waals surface area contributed by atoms with Gasteiger partial charge >= 0.3 is 0 Å². The van der Waals surface area contributed by atoms with Crippen LogP contribution >= 0.6 is 0 Å². The molecule has 1 aromatic rings. The second-order valence-corrected chi connectivity index (χ2v) is 2.48. The highest BCUT2D eigenvalue weighted by atomic mass is 16.3. The van der Waals surface area contributed by atoms with Crippen molar-refractivity contribution in [2.24, 2.45) is 0 Å². The van der Waals surface area contributed by atoms with Crippen LogP contribution in [-0.4, -0.2) is 22.6 Å². The Morgan fingerprint density at radius 2 is 2.15 bits per heavy atom. The molecule has 13 heavy (non-hydrogen) atoms. The van der Waals surface area contributed by atoms with Crippen LogP contribution in [0, 0.1) is 6.92 Å². The molecule has 0 saturated heterocycles. The number of aliphatic hydroxyl groups is 1. The molecule has 1 N–H and O–H groups in total. The van der Waals surface area contributed by atoms with Crippen LogP contribution in [0.2, 0.25) is 0 Å². The number of nitrogens with zero attached hydrogens (tertiary/aromatic N) is 1. The van der Waals surface area contributed by atoms with Crippen LogP contribution < -0.4 is 0 Å². The molecule has 0 aromatic carbocycles. The molecule has 0 saturated carbocycles. The van der Waals surface area contributed by atoms with Crippen molar-refractivity contribution in [3.05, 3.63) is 23.5 Å². The molecule has 1 rings (SSSR count). The van der Waals surface area contributed by atoms with Gasteiger partial charge in [-0.1, -0.05) is 13.8 Å². The van der Waals surface area contributed by atoms with Crippen LogP contribution in [0.25, 0.3) is 0 Å². The van der Waals surface area contributed by atoms with E-state index >= 15 is 0 Å². The van der Waals surface area contributed by atoms with Gasteiger partial charge in [0.25, 0.3) is 0 Å². The van der Waals surface area contributed by atoms with Gasteiger partial charge in [0.15, 0.2) is 6.29 Å². The van der Waals surface area contributed by atoms with Crippen LogP contribution in [0.1, 0.15) is 29.9 Å². The van der Waals surface area contributed by atoms with Gasteiger partial charge in [-0.2, -0.15) is 0 Å². The van der Waals surface area contributed by atoms with E-state index in [1.54, 1.807) is 10.6 Å². The first-order valence-corrected chi connectivity index (χ1v) is 4.50. The number of hydrogen-bond donors (Lipinski definition) is 1. The predicted molar refractivity (Wildman–Crippen MR) is 53.0 cm³/mol. The molecule has 1 heterocycles. The van der Waals surface area contributed by atoms with E-state index in [0.717, 1.165) is 11.8 Å². The van der Waals surface area contributed by atoms with Crippen LogP contribution in [-0.2, 0) is 6.54 Å². The summed E-state index contributed by atoms with van der Waals surface area (Å²) in [6.45, 7) is 6.47. The summed E-state index contributed by atoms with van der Waals surface area (Å²) in [6.07, 6.45) is 2.64. The fourth-order valence-electron chi connectivity index (χ4n) is 1.08. The number of hydrogen-bond acceptors (Lipinski definition) is 2. The molecular weight excluding hydrogens is 166 g/mol. The molecule has 74 valence electrons. The molecule has 3 nitrogen and oxygen atoms in total. The van der Waals surface area contributed by atoms with Gasteiger partial charge in [-0.15, -0.1) is 0 Å². The SMILES string of the molecule is CC.Cc1cc(C=O)n(CCO)c1. The van der Waals surface area contributed by atoms with Crippen molar-refractivity contribution in [2.45, 2.75) is 27.3 Å². The van der Waals surface area contributed by atoms with Gasteiger partial charge in [-0.05, 0) is 18.6 Å². The summed E-state index contributed by atoms with van der Waals surface area (Å²) in [7, 11) is 0. The summed E-state index contributed by atoms with van der Waals surface area (Å²) in [5.74, 6) is 0. The molecule has 0 amide bonds. The Morgan fingerprint density at radius 3 is 2.62 bits per heavy atom. The number of carbonyl (C=O) groups is 1. The highest BCUT2D eigenvalue weighted by molar-refractivity contribution is 5.72. The van der Waals surface area contributed by atoms with Crippen molar-refractivity contribution in [3.63, 3.8) is 0 Å². The number of aryl methyl sites for hydroxylation is 1. The molecule has 0 radical (unpaired) electrons. The quantitative estimate of drug-likeness (QED) is 0.724. The zero-order chi connectivity index (χ0) is 10.3. The molecular formula is C10H17NO2. The molecule has 0 fully saturated rings. The Labute approximate surface area is 79.0 Å². The number of carbonyl (C=O) groups excluding carboxylic acids is 1. The third kappa shape index (κ3) is 3.42. The van der Waals surface area contributed by atoms with Crippen molar-refractivity contribution < 1.29 is 9.90 Å². The Bertz CT molecular complexity index is 253. The molecule has 0 atom stereocenters. The van der Waals surface area contributed by atoms with Gasteiger partial charge < -0.3 is 9.67 Å². The number of aliphatic hydroxyl groups excluding tert-OH is 1. The topological polar surface area (TPSA) is 42.2 Å². The van der Waals surface area contributed by atoms with Gasteiger partial charge in [0.1, 0.15) is 0 Å². The number of aromatic nitrogens is 1. The molecule has 0 unspecified atom stereocenters. The smallest absolute Gasteiger partial charge is 0.166 e. The third-order valence-corrected chi connectivity index (χ3v) is 1.53. The minimum absolute atomic E-state index is 0.0644. The van der Waals surface area contributed by atoms with E-state index in [1.165, 1.54) is 0 Å². The maximum atomic E-state index is 10.4. The summed E-state index contributed by atoms with van der Waals surface area (Å²) >= 11 is 0. The number of rotatable bonds is 3. The maximum Gasteiger partial charge on any atom is 0.166 e. The lowest BCUT2D eigenvalue weighted by Gasteiger charge is -1.99. The maximum absolute atomic E-state index is 10.4. The largest absolute Gasteiger partial charge is 0.395 e. The standard InChI is InChI=1S/C8H11NO2.C2H6/c1-7-4-8(6-11)9(5-7)2-3-10;1-2/h4-6,10H,2-3H2,1H3;1-2H3. The van der Waals surface area contributed by atoms with E-state index in [4.69, 9.17) is 5.11 Å². The first-order chi connectivity index (χ1) is 6.27. The summed E-state index contributed by atoms with van der Waals surface area (Å²) in [5, 5.41) is 8.61. The molecule has 0 aliphatic rings. The zero-order valence-corrected chi connectivity index (χ0v) is 8.45. The van der Waals surface area contributed by atoms with Crippen molar-refractivity contribution in [3.8, 4) is 0 Å². The number of aldehydes is 1. The molecule has 0 spiro atoms. The molecule has 0 aliphatic heterocycles. The highest BCUT2D eigenvalue weighted by Crippen LogP contribution is 2.04. The minimum Gasteiger partial charge on any atom is -0.395 e. The van der Waals surface area contributed by atoms with Gasteiger partial charge in [0, 0.05) is 12.7 Å². The highest BCUT2D eigenvalue weighted by Gasteiger charge is 1.99. The van der Waals surface area contributed by atoms with Gasteiger partial charge in [0.2, 0.25) is 0 Å². The average molecular weight is 183 g/mol. The van der Waals surface area contributed by atoms with Crippen LogP contribution in [0.3, 0.4) is 0 Å². The molecule has 1 aromatic heterocycles. The second kappa shape index (κ2) is 6.43. The molecule has 3 heteroatoms. The Hall–Kier alpha value is -1.09. The van der Waals surface area contributed by atoms with E-state index < -0.39 is 0 Å². The molecule has 0 aliphatic carbocycles. The lowest BCUT2D eigenvalue weighted by atomic mass is 10.3. The van der Waals surface area contributed by atoms with E-state index in [1.807, 2.05) is 27.0 Å². The van der Waals surface area contributed by atoms with E-state index in [0.29, 0.717) is 12.2 Å². The van der Waals surface area contributed by atoms with Crippen LogP contribution in [0.5, 0.6) is 0 Å². The minimum atomic E-state index is 0.0644. The lowest BCUT2D eigenvalue weighted by molar-refractivity contribution is 0.111. The Kier molecular flexibility index (Phi) is 5.89. The first-order valence-electron chi connectivity index (χ1n) is 4.50. The van der Waals surface area contributed by atoms with Crippen LogP contribution in [0.4, 0.5) is 0 Å². The fourth-order valence-corrected chi connectivity index (χ4v) is 1.08. The normalized spacial score (nSPS) is 8.92. The van der Waals surface area contributed by atoms with Gasteiger partial charge in [-0.3, -0.25) is 4.79 Å². The van der Waals surface area contributed by atoms with Gasteiger partial charge in [-0.25, -0.2) is 0 Å². The second-order valence-electron chi connectivity index (χ2n) is 2.48. The fraction of sp³-hybridized carbons (Fsp3) is 0.500. The average Bonchev–Trinajstić information content (AvgIpc) is 2.50. The van der Waals surface area contributed by atoms with Crippen molar-refractivity contribution in [1.82, 2.24) is 4.57 Å². The third-order valence-electron chi connectivity index (χ3n) is 1.53. The Balaban J connectivity index is 0.000000671. The van der Waals surface area contributed by atoms with E-state index in [2.05, 4.69) is 0 Å². The summed E-state index contributed by atoms with van der Waals surface area (Å²) in [5.41, 5.74) is 1.66. The first kappa shape index (κ1) is 11.9. The Morgan fingerprint density at radius 1 is 1.54 bits per heavy atom. The van der Waals surface area contributed by atoms with Crippen LogP contribution in [0.15, 0.2) is 12.3 Å². The van der Waals surface area contributed by atoms with Crippen molar-refractivity contribution >= 4 is 6.29 Å². The summed E-state index contributed by atoms with van der Waals surface area (Å²) in [4.78, 5) is 10.4. The molecule has 0 bridgehead atoms. The van der Waals surface area contributed by atoms with Crippen molar-refractivity contribution in [2.75, 3.05) is 6.61 Å². The lowest BCUT2D eigenvalue weighted by Crippen LogP contribution is -2.03. The summed E-state index contributed by atoms with van der Waals surface area (Å²) < 4.78 is 1.74. The monoisotopic (exact) mass is 183 g/mol. The van der Waals surface area contributed by atoms with E-state index in [-0.39, 0.29) is 6.61 Å². The zero-order valence-electron chi connectivity index (χ0n) is 8.45. The predicted octanol–water partition coefficient (Wildman–Crippen LogP) is 1.63. The summed E-state index contributed by atoms with van der Waals surface area (Å²) in [6, 6.07) is 1.79. The van der Waals surface area contributed by atoms with Gasteiger partial charge in [0.05, 0.1) is 12.3 Å².